The van der Waals surface area contributed by atoms with E-state index in [0.717, 1.165) is 43.4 Å². The molecule has 0 unspecified atom stereocenters. The second-order valence-electron chi connectivity index (χ2n) is 7.00. The zero-order valence-electron chi connectivity index (χ0n) is 14.3. The van der Waals surface area contributed by atoms with Gasteiger partial charge in [0.15, 0.2) is 0 Å². The molecule has 130 valence electrons. The Morgan fingerprint density at radius 1 is 1.26 bits per heavy atom. The van der Waals surface area contributed by atoms with Crippen LogP contribution in [0.5, 0.6) is 0 Å². The molecule has 0 aromatic carbocycles. The van der Waals surface area contributed by atoms with Crippen molar-refractivity contribution in [2.24, 2.45) is 5.92 Å². The highest BCUT2D eigenvalue weighted by Crippen LogP contribution is 2.36. The molecular weight excluding hydrogens is 294 g/mol. The van der Waals surface area contributed by atoms with E-state index in [9.17, 15) is 14.4 Å². The topological polar surface area (TPSA) is 78.5 Å². The second-order valence-corrected chi connectivity index (χ2v) is 7.00. The highest BCUT2D eigenvalue weighted by Gasteiger charge is 2.52. The van der Waals surface area contributed by atoms with Crippen LogP contribution in [0.1, 0.15) is 65.2 Å². The van der Waals surface area contributed by atoms with Crippen molar-refractivity contribution in [3.05, 3.63) is 0 Å². The number of urea groups is 1. The molecule has 2 aliphatic rings. The van der Waals surface area contributed by atoms with Crippen LogP contribution >= 0.6 is 0 Å². The number of carbonyl (C=O) groups excluding carboxylic acids is 3. The van der Waals surface area contributed by atoms with Crippen molar-refractivity contribution in [1.82, 2.24) is 15.5 Å². The first kappa shape index (κ1) is 17.8. The van der Waals surface area contributed by atoms with Gasteiger partial charge in [-0.25, -0.2) is 4.79 Å². The summed E-state index contributed by atoms with van der Waals surface area (Å²) in [6, 6.07) is -0.425. The van der Waals surface area contributed by atoms with Crippen molar-refractivity contribution in [3.63, 3.8) is 0 Å². The average molecular weight is 323 g/mol. The number of hydrogen-bond acceptors (Lipinski definition) is 3. The van der Waals surface area contributed by atoms with Crippen LogP contribution in [0.25, 0.3) is 0 Å². The molecule has 1 aliphatic carbocycles. The van der Waals surface area contributed by atoms with E-state index in [0.29, 0.717) is 25.3 Å². The molecule has 0 radical (unpaired) electrons. The van der Waals surface area contributed by atoms with E-state index in [1.165, 1.54) is 0 Å². The summed E-state index contributed by atoms with van der Waals surface area (Å²) in [6.07, 6.45) is 7.54. The van der Waals surface area contributed by atoms with E-state index < -0.39 is 11.6 Å². The molecule has 1 aliphatic heterocycles. The Kier molecular flexibility index (Phi) is 6.02. The minimum absolute atomic E-state index is 0.171. The minimum Gasteiger partial charge on any atom is -0.355 e. The number of hydrogen-bond donors (Lipinski definition) is 2. The van der Waals surface area contributed by atoms with Crippen LogP contribution in [-0.2, 0) is 9.59 Å². The molecule has 1 spiro atoms. The highest BCUT2D eigenvalue weighted by atomic mass is 16.2. The summed E-state index contributed by atoms with van der Waals surface area (Å²) in [5, 5.41) is 5.63. The van der Waals surface area contributed by atoms with Gasteiger partial charge in [-0.2, -0.15) is 0 Å². The van der Waals surface area contributed by atoms with Gasteiger partial charge in [0.25, 0.3) is 5.91 Å². The largest absolute Gasteiger partial charge is 0.355 e. The van der Waals surface area contributed by atoms with E-state index in [-0.39, 0.29) is 18.4 Å². The molecule has 0 atom stereocenters. The third-order valence-electron chi connectivity index (χ3n) is 5.03. The number of amides is 4. The molecule has 6 nitrogen and oxygen atoms in total. The van der Waals surface area contributed by atoms with Gasteiger partial charge >= 0.3 is 6.03 Å². The van der Waals surface area contributed by atoms with Gasteiger partial charge in [0.1, 0.15) is 12.1 Å². The summed E-state index contributed by atoms with van der Waals surface area (Å²) in [5.74, 6) is 0.104. The van der Waals surface area contributed by atoms with Crippen molar-refractivity contribution in [2.45, 2.75) is 70.8 Å². The fourth-order valence-corrected chi connectivity index (χ4v) is 3.39. The first-order valence-corrected chi connectivity index (χ1v) is 8.89. The van der Waals surface area contributed by atoms with Gasteiger partial charge in [-0.05, 0) is 38.0 Å². The molecule has 0 aromatic rings. The van der Waals surface area contributed by atoms with Crippen LogP contribution < -0.4 is 10.6 Å². The smallest absolute Gasteiger partial charge is 0.325 e. The number of unbranched alkanes of at least 4 members (excludes halogenated alkanes) is 3. The molecule has 0 bridgehead atoms. The zero-order chi connectivity index (χ0) is 16.9. The van der Waals surface area contributed by atoms with E-state index in [4.69, 9.17) is 0 Å². The molecule has 1 saturated carbocycles. The number of imide groups is 1. The predicted octanol–water partition coefficient (Wildman–Crippen LogP) is 2.18. The summed E-state index contributed by atoms with van der Waals surface area (Å²) in [7, 11) is 0. The van der Waals surface area contributed by atoms with E-state index >= 15 is 0 Å². The van der Waals surface area contributed by atoms with Gasteiger partial charge in [-0.15, -0.1) is 0 Å². The maximum Gasteiger partial charge on any atom is 0.325 e. The molecule has 0 aromatic heterocycles. The Hall–Kier alpha value is -1.59. The number of nitrogens with zero attached hydrogens (tertiary/aromatic N) is 1. The summed E-state index contributed by atoms with van der Waals surface area (Å²) in [4.78, 5) is 37.8. The fourth-order valence-electron chi connectivity index (χ4n) is 3.39. The van der Waals surface area contributed by atoms with Crippen molar-refractivity contribution in [2.75, 3.05) is 13.1 Å². The normalized spacial score (nSPS) is 27.4. The molecule has 1 heterocycles. The third-order valence-corrected chi connectivity index (χ3v) is 5.03. The molecule has 2 N–H and O–H groups in total. The predicted molar refractivity (Wildman–Crippen MR) is 87.8 cm³/mol. The van der Waals surface area contributed by atoms with Gasteiger partial charge in [0, 0.05) is 6.54 Å². The van der Waals surface area contributed by atoms with Gasteiger partial charge in [0.05, 0.1) is 0 Å². The molecule has 6 heteroatoms. The van der Waals surface area contributed by atoms with Crippen LogP contribution in [-0.4, -0.2) is 41.4 Å². The summed E-state index contributed by atoms with van der Waals surface area (Å²) in [5.41, 5.74) is -0.759. The van der Waals surface area contributed by atoms with Gasteiger partial charge < -0.3 is 10.6 Å². The van der Waals surface area contributed by atoms with Crippen LogP contribution in [0.15, 0.2) is 0 Å². The second kappa shape index (κ2) is 7.79. The standard InChI is InChI=1S/C17H29N3O3/c1-3-4-5-6-11-18-14(21)12-20-15(22)17(19-16(20)23)9-7-13(2)8-10-17/h13H,3-12H2,1-2H3,(H,18,21)(H,19,23). The van der Waals surface area contributed by atoms with E-state index in [1.807, 2.05) is 0 Å². The summed E-state index contributed by atoms with van der Waals surface area (Å²) >= 11 is 0. The van der Waals surface area contributed by atoms with Crippen molar-refractivity contribution >= 4 is 17.8 Å². The lowest BCUT2D eigenvalue weighted by Gasteiger charge is -2.33. The van der Waals surface area contributed by atoms with Gasteiger partial charge in [0.2, 0.25) is 5.91 Å². The van der Waals surface area contributed by atoms with Crippen LogP contribution in [0.2, 0.25) is 0 Å². The first-order chi connectivity index (χ1) is 11.0. The number of nitrogens with one attached hydrogen (secondary N) is 2. The quantitative estimate of drug-likeness (QED) is 0.557. The molecule has 1 saturated heterocycles. The third kappa shape index (κ3) is 4.24. The van der Waals surface area contributed by atoms with Gasteiger partial charge in [-0.1, -0.05) is 33.1 Å². The lowest BCUT2D eigenvalue weighted by molar-refractivity contribution is -0.136. The lowest BCUT2D eigenvalue weighted by Crippen LogP contribution is -2.49. The van der Waals surface area contributed by atoms with Crippen molar-refractivity contribution < 1.29 is 14.4 Å². The Balaban J connectivity index is 1.82. The van der Waals surface area contributed by atoms with E-state index in [2.05, 4.69) is 24.5 Å². The SMILES string of the molecule is CCCCCCNC(=O)CN1C(=O)NC2(CCC(C)CC2)C1=O. The molecule has 2 fully saturated rings. The fraction of sp³-hybridized carbons (Fsp3) is 0.824. The van der Waals surface area contributed by atoms with Crippen molar-refractivity contribution in [1.29, 1.82) is 0 Å². The molecular formula is C17H29N3O3. The van der Waals surface area contributed by atoms with Crippen LogP contribution in [0, 0.1) is 5.92 Å². The number of carbonyl (C=O) groups is 3. The van der Waals surface area contributed by atoms with E-state index in [1.54, 1.807) is 0 Å². The Bertz CT molecular complexity index is 456. The van der Waals surface area contributed by atoms with Crippen molar-refractivity contribution in [3.8, 4) is 0 Å². The Morgan fingerprint density at radius 3 is 2.61 bits per heavy atom. The maximum atomic E-state index is 12.6. The zero-order valence-corrected chi connectivity index (χ0v) is 14.3. The van der Waals surface area contributed by atoms with Crippen LogP contribution in [0.3, 0.4) is 0 Å². The molecule has 2 rings (SSSR count). The highest BCUT2D eigenvalue weighted by molar-refractivity contribution is 6.09. The number of rotatable bonds is 7. The monoisotopic (exact) mass is 323 g/mol. The summed E-state index contributed by atoms with van der Waals surface area (Å²) in [6.45, 7) is 4.73. The molecule has 4 amide bonds. The average Bonchev–Trinajstić information content (AvgIpc) is 2.75. The summed E-state index contributed by atoms with van der Waals surface area (Å²) < 4.78 is 0. The first-order valence-electron chi connectivity index (χ1n) is 8.89. The lowest BCUT2D eigenvalue weighted by atomic mass is 9.77. The molecule has 23 heavy (non-hydrogen) atoms. The maximum absolute atomic E-state index is 12.6. The minimum atomic E-state index is -0.759. The van der Waals surface area contributed by atoms with Gasteiger partial charge in [-0.3, -0.25) is 14.5 Å². The Morgan fingerprint density at radius 2 is 1.96 bits per heavy atom. The van der Waals surface area contributed by atoms with Crippen LogP contribution in [0.4, 0.5) is 4.79 Å². The Labute approximate surface area is 138 Å².